The molecule has 0 spiro atoms. The number of fused-ring (bicyclic) bond motifs is 3. The number of rotatable bonds is 2. The molecular formula is C15H18N5OP. The molecule has 1 aliphatic rings. The van der Waals surface area contributed by atoms with Gasteiger partial charge < -0.3 is 11.5 Å². The van der Waals surface area contributed by atoms with Gasteiger partial charge in [0.1, 0.15) is 5.66 Å². The summed E-state index contributed by atoms with van der Waals surface area (Å²) in [5, 5.41) is 0.980. The van der Waals surface area contributed by atoms with Gasteiger partial charge in [0.05, 0.1) is 0 Å². The maximum atomic E-state index is 12.1. The summed E-state index contributed by atoms with van der Waals surface area (Å²) >= 11 is 0. The van der Waals surface area contributed by atoms with Crippen molar-refractivity contribution in [1.29, 1.82) is 0 Å². The fourth-order valence-electron chi connectivity index (χ4n) is 2.80. The molecule has 0 heterocycles. The lowest BCUT2D eigenvalue weighted by molar-refractivity contribution is 0.0896. The molecule has 0 amide bonds. The quantitative estimate of drug-likeness (QED) is 0.273. The molecule has 1 unspecified atom stereocenters. The third-order valence-corrected chi connectivity index (χ3v) is 4.26. The Balaban J connectivity index is 2.19. The van der Waals surface area contributed by atoms with Crippen LogP contribution in [-0.4, -0.2) is 11.6 Å². The summed E-state index contributed by atoms with van der Waals surface area (Å²) < 4.78 is 0. The third-order valence-electron chi connectivity index (χ3n) is 3.90. The van der Waals surface area contributed by atoms with Crippen LogP contribution in [0.2, 0.25) is 0 Å². The predicted octanol–water partition coefficient (Wildman–Crippen LogP) is -1.00. The van der Waals surface area contributed by atoms with Crippen LogP contribution in [0.1, 0.15) is 21.5 Å². The lowest BCUT2D eigenvalue weighted by Gasteiger charge is -2.23. The van der Waals surface area contributed by atoms with Gasteiger partial charge in [-0.05, 0) is 39.7 Å². The number of carbonyl (C=O) groups is 1. The zero-order valence-corrected chi connectivity index (χ0v) is 13.0. The minimum atomic E-state index is -1.93. The van der Waals surface area contributed by atoms with Gasteiger partial charge in [-0.15, -0.1) is 9.24 Å². The molecule has 2 aromatic rings. The molecule has 10 N–H and O–H groups in total. The molecule has 1 atom stereocenters. The fourth-order valence-corrected chi connectivity index (χ4v) is 3.06. The molecular weight excluding hydrogens is 297 g/mol. The molecule has 0 saturated heterocycles. The highest BCUT2D eigenvalue weighted by atomic mass is 31.0. The molecule has 3 rings (SSSR count). The first-order chi connectivity index (χ1) is 10.1. The van der Waals surface area contributed by atoms with Crippen LogP contribution in [-0.2, 0) is 5.66 Å². The molecule has 0 radical (unpaired) electrons. The summed E-state index contributed by atoms with van der Waals surface area (Å²) in [6.45, 7) is 0. The Labute approximate surface area is 130 Å². The first-order valence-corrected chi connectivity index (χ1v) is 7.24. The van der Waals surface area contributed by atoms with Gasteiger partial charge in [-0.3, -0.25) is 22.0 Å². The van der Waals surface area contributed by atoms with Crippen LogP contribution >= 0.6 is 9.24 Å². The summed E-state index contributed by atoms with van der Waals surface area (Å²) in [5.41, 5.74) is 31.4. The van der Waals surface area contributed by atoms with E-state index in [1.165, 1.54) is 0 Å². The molecule has 0 bridgehead atoms. The maximum Gasteiger partial charge on any atom is 0.212 e. The molecule has 6 nitrogen and oxygen atoms in total. The summed E-state index contributed by atoms with van der Waals surface area (Å²) in [4.78, 5) is 12.1. The van der Waals surface area contributed by atoms with E-state index in [1.54, 1.807) is 18.2 Å². The SMILES string of the molecule is NC(N)(N)C(=O)c1ccc2c(c1)C(N)(N)c1cc(P)ccc1-2. The Morgan fingerprint density at radius 1 is 0.955 bits per heavy atom. The van der Waals surface area contributed by atoms with Crippen molar-refractivity contribution in [3.8, 4) is 11.1 Å². The lowest BCUT2D eigenvalue weighted by Crippen LogP contribution is -2.64. The summed E-state index contributed by atoms with van der Waals surface area (Å²) in [5.74, 6) is -2.51. The first-order valence-electron chi connectivity index (χ1n) is 6.66. The zero-order chi connectivity index (χ0) is 16.3. The van der Waals surface area contributed by atoms with Crippen LogP contribution in [0.15, 0.2) is 36.4 Å². The van der Waals surface area contributed by atoms with Gasteiger partial charge in [-0.25, -0.2) is 0 Å². The molecule has 1 aliphatic carbocycles. The number of benzene rings is 2. The van der Waals surface area contributed by atoms with Gasteiger partial charge in [-0.1, -0.05) is 24.3 Å². The van der Waals surface area contributed by atoms with E-state index in [-0.39, 0.29) is 5.56 Å². The Bertz CT molecular complexity index is 795. The molecule has 7 heteroatoms. The smallest absolute Gasteiger partial charge is 0.212 e. The Morgan fingerprint density at radius 2 is 1.50 bits per heavy atom. The minimum Gasteiger partial charge on any atom is -0.306 e. The molecule has 0 fully saturated rings. The molecule has 0 aliphatic heterocycles. The summed E-state index contributed by atoms with van der Waals surface area (Å²) in [6, 6.07) is 10.9. The van der Waals surface area contributed by atoms with Crippen molar-refractivity contribution in [3.05, 3.63) is 53.1 Å². The monoisotopic (exact) mass is 315 g/mol. The maximum absolute atomic E-state index is 12.1. The Hall–Kier alpha value is -1.66. The second-order valence-corrected chi connectivity index (χ2v) is 6.36. The molecule has 2 aromatic carbocycles. The highest BCUT2D eigenvalue weighted by molar-refractivity contribution is 7.27. The van der Waals surface area contributed by atoms with Gasteiger partial charge in [0.2, 0.25) is 5.78 Å². The van der Waals surface area contributed by atoms with Gasteiger partial charge in [0.25, 0.3) is 0 Å². The normalized spacial score (nSPS) is 15.4. The van der Waals surface area contributed by atoms with Crippen LogP contribution < -0.4 is 34.0 Å². The second-order valence-electron chi connectivity index (χ2n) is 5.70. The van der Waals surface area contributed by atoms with Crippen LogP contribution in [0, 0.1) is 0 Å². The predicted molar refractivity (Wildman–Crippen MR) is 90.0 cm³/mol. The first kappa shape index (κ1) is 15.2. The van der Waals surface area contributed by atoms with Crippen molar-refractivity contribution in [2.75, 3.05) is 0 Å². The van der Waals surface area contributed by atoms with E-state index in [9.17, 15) is 4.79 Å². The number of ketones is 1. The van der Waals surface area contributed by atoms with Crippen molar-refractivity contribution in [1.82, 2.24) is 0 Å². The number of hydrogen-bond donors (Lipinski definition) is 5. The highest BCUT2D eigenvalue weighted by Crippen LogP contribution is 2.43. The van der Waals surface area contributed by atoms with E-state index in [1.807, 2.05) is 18.2 Å². The molecule has 0 saturated carbocycles. The van der Waals surface area contributed by atoms with Crippen molar-refractivity contribution >= 4 is 20.3 Å². The largest absolute Gasteiger partial charge is 0.306 e. The molecule has 22 heavy (non-hydrogen) atoms. The van der Waals surface area contributed by atoms with Crippen molar-refractivity contribution < 1.29 is 4.79 Å². The number of Topliss-reactive ketones (excluding diaryl/α,β-unsaturated/α-hetero) is 1. The Kier molecular flexibility index (Phi) is 3.23. The number of nitrogens with two attached hydrogens (primary N) is 5. The van der Waals surface area contributed by atoms with Crippen LogP contribution in [0.4, 0.5) is 0 Å². The third kappa shape index (κ3) is 2.18. The topological polar surface area (TPSA) is 147 Å². The Morgan fingerprint density at radius 3 is 2.09 bits per heavy atom. The average molecular weight is 315 g/mol. The van der Waals surface area contributed by atoms with Gasteiger partial charge >= 0.3 is 0 Å². The van der Waals surface area contributed by atoms with Gasteiger partial charge in [0, 0.05) is 5.56 Å². The molecule has 0 aromatic heterocycles. The van der Waals surface area contributed by atoms with E-state index >= 15 is 0 Å². The molecule has 114 valence electrons. The number of carbonyl (C=O) groups excluding carboxylic acids is 1. The van der Waals surface area contributed by atoms with E-state index < -0.39 is 17.2 Å². The van der Waals surface area contributed by atoms with Crippen molar-refractivity contribution in [2.24, 2.45) is 28.7 Å². The standard InChI is InChI=1S/C15H18N5OP/c16-14(17)11-5-7(13(21)15(18,19)20)1-3-9(11)10-4-2-8(22)6-12(10)14/h1-6H,16-20,22H2. The van der Waals surface area contributed by atoms with Crippen LogP contribution in [0.25, 0.3) is 11.1 Å². The van der Waals surface area contributed by atoms with E-state index in [0.717, 1.165) is 22.0 Å². The zero-order valence-electron chi connectivity index (χ0n) is 11.8. The fraction of sp³-hybridized carbons (Fsp3) is 0.133. The second kappa shape index (κ2) is 4.67. The minimum absolute atomic E-state index is 0.283. The van der Waals surface area contributed by atoms with Crippen molar-refractivity contribution in [3.63, 3.8) is 0 Å². The van der Waals surface area contributed by atoms with Crippen LogP contribution in [0.3, 0.4) is 0 Å². The van der Waals surface area contributed by atoms with E-state index in [0.29, 0.717) is 5.56 Å². The number of hydrogen-bond acceptors (Lipinski definition) is 6. The average Bonchev–Trinajstić information content (AvgIpc) is 2.65. The lowest BCUT2D eigenvalue weighted by atomic mass is 9.95. The summed E-state index contributed by atoms with van der Waals surface area (Å²) in [7, 11) is 2.61. The van der Waals surface area contributed by atoms with E-state index in [2.05, 4.69) is 9.24 Å². The van der Waals surface area contributed by atoms with Gasteiger partial charge in [0.15, 0.2) is 5.79 Å². The highest BCUT2D eigenvalue weighted by Gasteiger charge is 2.38. The van der Waals surface area contributed by atoms with Crippen molar-refractivity contribution in [2.45, 2.75) is 11.4 Å². The van der Waals surface area contributed by atoms with Crippen LogP contribution in [0.5, 0.6) is 0 Å². The summed E-state index contributed by atoms with van der Waals surface area (Å²) in [6.07, 6.45) is 0. The van der Waals surface area contributed by atoms with E-state index in [4.69, 9.17) is 28.7 Å². The van der Waals surface area contributed by atoms with Gasteiger partial charge in [-0.2, -0.15) is 0 Å².